The van der Waals surface area contributed by atoms with Gasteiger partial charge in [0.1, 0.15) is 5.54 Å². The fourth-order valence-electron chi connectivity index (χ4n) is 1.81. The van der Waals surface area contributed by atoms with E-state index >= 15 is 0 Å². The summed E-state index contributed by atoms with van der Waals surface area (Å²) < 4.78 is 5.46. The summed E-state index contributed by atoms with van der Waals surface area (Å²) in [7, 11) is 0. The topological polar surface area (TPSA) is 102 Å². The van der Waals surface area contributed by atoms with Gasteiger partial charge < -0.3 is 10.5 Å². The molecule has 0 fully saturated rings. The molecular formula is C14H19N3O3. The van der Waals surface area contributed by atoms with Crippen molar-refractivity contribution in [2.45, 2.75) is 38.6 Å². The molecule has 0 aromatic heterocycles. The molecule has 0 bridgehead atoms. The number of rotatable bonds is 7. The van der Waals surface area contributed by atoms with Crippen LogP contribution in [0.15, 0.2) is 18.2 Å². The van der Waals surface area contributed by atoms with Crippen molar-refractivity contribution in [3.8, 4) is 11.8 Å². The highest BCUT2D eigenvalue weighted by atomic mass is 16.6. The Kier molecular flexibility index (Phi) is 5.47. The molecule has 0 aliphatic heterocycles. The summed E-state index contributed by atoms with van der Waals surface area (Å²) in [6.07, 6.45) is 2.00. The zero-order valence-corrected chi connectivity index (χ0v) is 11.8. The lowest BCUT2D eigenvalue weighted by molar-refractivity contribution is -0.386. The van der Waals surface area contributed by atoms with Crippen LogP contribution in [-0.2, 0) is 0 Å². The molecule has 2 N–H and O–H groups in total. The number of hydrogen-bond acceptors (Lipinski definition) is 5. The van der Waals surface area contributed by atoms with Gasteiger partial charge in [-0.3, -0.25) is 10.1 Å². The van der Waals surface area contributed by atoms with Gasteiger partial charge in [0.25, 0.3) is 0 Å². The zero-order chi connectivity index (χ0) is 15.2. The van der Waals surface area contributed by atoms with E-state index in [9.17, 15) is 10.1 Å². The number of aryl methyl sites for hydroxylation is 1. The molecule has 0 aliphatic carbocycles. The minimum atomic E-state index is -0.824. The smallest absolute Gasteiger partial charge is 0.313 e. The Hall–Kier alpha value is -2.13. The number of nitriles is 1. The highest BCUT2D eigenvalue weighted by Gasteiger charge is 2.18. The molecule has 1 rings (SSSR count). The number of nitro benzene ring substituents is 1. The third-order valence-electron chi connectivity index (χ3n) is 2.99. The molecule has 1 unspecified atom stereocenters. The number of nitrogens with zero attached hydrogens (tertiary/aromatic N) is 2. The molecule has 6 nitrogen and oxygen atoms in total. The van der Waals surface area contributed by atoms with E-state index in [1.54, 1.807) is 32.0 Å². The number of hydrogen-bond donors (Lipinski definition) is 1. The lowest BCUT2D eigenvalue weighted by atomic mass is 9.98. The van der Waals surface area contributed by atoms with Crippen molar-refractivity contribution < 1.29 is 9.66 Å². The molecule has 1 aromatic rings. The van der Waals surface area contributed by atoms with Gasteiger partial charge in [-0.05, 0) is 39.2 Å². The minimum Gasteiger partial charge on any atom is -0.487 e. The highest BCUT2D eigenvalue weighted by molar-refractivity contribution is 5.51. The summed E-state index contributed by atoms with van der Waals surface area (Å²) >= 11 is 0. The van der Waals surface area contributed by atoms with Crippen molar-refractivity contribution in [1.82, 2.24) is 0 Å². The minimum absolute atomic E-state index is 0.00758. The van der Waals surface area contributed by atoms with Gasteiger partial charge in [-0.25, -0.2) is 0 Å². The van der Waals surface area contributed by atoms with Gasteiger partial charge in [-0.2, -0.15) is 5.26 Å². The normalized spacial score (nSPS) is 13.3. The Balaban J connectivity index is 2.50. The maximum absolute atomic E-state index is 11.0. The van der Waals surface area contributed by atoms with Gasteiger partial charge >= 0.3 is 5.69 Å². The zero-order valence-electron chi connectivity index (χ0n) is 11.8. The van der Waals surface area contributed by atoms with Gasteiger partial charge in [-0.15, -0.1) is 0 Å². The summed E-state index contributed by atoms with van der Waals surface area (Å²) in [5, 5.41) is 19.8. The molecule has 0 radical (unpaired) electrons. The summed E-state index contributed by atoms with van der Waals surface area (Å²) in [4.78, 5) is 10.5. The first-order valence-electron chi connectivity index (χ1n) is 6.44. The molecule has 108 valence electrons. The molecule has 1 atom stereocenters. The van der Waals surface area contributed by atoms with Crippen molar-refractivity contribution in [3.63, 3.8) is 0 Å². The van der Waals surface area contributed by atoms with E-state index in [1.165, 1.54) is 0 Å². The van der Waals surface area contributed by atoms with Crippen molar-refractivity contribution in [1.29, 1.82) is 5.26 Å². The van der Waals surface area contributed by atoms with E-state index in [4.69, 9.17) is 15.7 Å². The maximum Gasteiger partial charge on any atom is 0.313 e. The standard InChI is InChI=1S/C14H19N3O3/c1-11-6-5-7-12(13(11)17(18)19)20-9-4-3-8-14(2,16)10-15/h5-7H,3-4,8-9,16H2,1-2H3. The summed E-state index contributed by atoms with van der Waals surface area (Å²) in [5.41, 5.74) is 5.46. The van der Waals surface area contributed by atoms with E-state index < -0.39 is 10.5 Å². The van der Waals surface area contributed by atoms with E-state index in [0.717, 1.165) is 6.42 Å². The second-order valence-corrected chi connectivity index (χ2v) is 5.01. The van der Waals surface area contributed by atoms with E-state index in [0.29, 0.717) is 25.0 Å². The summed E-state index contributed by atoms with van der Waals surface area (Å²) in [5.74, 6) is 0.283. The first-order chi connectivity index (χ1) is 9.37. The van der Waals surface area contributed by atoms with Crippen LogP contribution in [0.4, 0.5) is 5.69 Å². The molecule has 0 amide bonds. The lowest BCUT2D eigenvalue weighted by Crippen LogP contribution is -2.33. The van der Waals surface area contributed by atoms with Crippen LogP contribution < -0.4 is 10.5 Å². The molecule has 1 aromatic carbocycles. The predicted molar refractivity (Wildman–Crippen MR) is 75.4 cm³/mol. The molecular weight excluding hydrogens is 258 g/mol. The van der Waals surface area contributed by atoms with E-state index in [-0.39, 0.29) is 11.4 Å². The van der Waals surface area contributed by atoms with E-state index in [2.05, 4.69) is 0 Å². The van der Waals surface area contributed by atoms with Crippen LogP contribution in [0.25, 0.3) is 0 Å². The van der Waals surface area contributed by atoms with Crippen LogP contribution in [0.2, 0.25) is 0 Å². The Morgan fingerprint density at radius 3 is 2.80 bits per heavy atom. The Morgan fingerprint density at radius 2 is 2.20 bits per heavy atom. The van der Waals surface area contributed by atoms with Crippen LogP contribution >= 0.6 is 0 Å². The largest absolute Gasteiger partial charge is 0.487 e. The Bertz CT molecular complexity index is 521. The third kappa shape index (κ3) is 4.52. The van der Waals surface area contributed by atoms with Crippen LogP contribution in [0.3, 0.4) is 0 Å². The van der Waals surface area contributed by atoms with E-state index in [1.807, 2.05) is 6.07 Å². The molecule has 0 spiro atoms. The van der Waals surface area contributed by atoms with Gasteiger partial charge in [-0.1, -0.05) is 12.1 Å². The molecule has 0 heterocycles. The maximum atomic E-state index is 11.0. The highest BCUT2D eigenvalue weighted by Crippen LogP contribution is 2.30. The van der Waals surface area contributed by atoms with Crippen LogP contribution in [-0.4, -0.2) is 17.1 Å². The van der Waals surface area contributed by atoms with Gasteiger partial charge in [0.05, 0.1) is 17.6 Å². The number of para-hydroxylation sites is 1. The summed E-state index contributed by atoms with van der Waals surface area (Å²) in [6.45, 7) is 3.73. The number of benzene rings is 1. The summed E-state index contributed by atoms with van der Waals surface area (Å²) in [6, 6.07) is 7.02. The molecule has 0 aliphatic rings. The van der Waals surface area contributed by atoms with Crippen LogP contribution in [0, 0.1) is 28.4 Å². The lowest BCUT2D eigenvalue weighted by Gasteiger charge is -2.14. The van der Waals surface area contributed by atoms with Gasteiger partial charge in [0, 0.05) is 5.56 Å². The van der Waals surface area contributed by atoms with Crippen LogP contribution in [0.1, 0.15) is 31.7 Å². The third-order valence-corrected chi connectivity index (χ3v) is 2.99. The second kappa shape index (κ2) is 6.87. The van der Waals surface area contributed by atoms with Crippen molar-refractivity contribution >= 4 is 5.69 Å². The Morgan fingerprint density at radius 1 is 1.50 bits per heavy atom. The van der Waals surface area contributed by atoms with Crippen LogP contribution in [0.5, 0.6) is 5.75 Å². The fraction of sp³-hybridized carbons (Fsp3) is 0.500. The number of nitrogens with two attached hydrogens (primary N) is 1. The molecule has 0 saturated carbocycles. The Labute approximate surface area is 118 Å². The van der Waals surface area contributed by atoms with Gasteiger partial charge in [0.2, 0.25) is 0 Å². The fourth-order valence-corrected chi connectivity index (χ4v) is 1.81. The van der Waals surface area contributed by atoms with Crippen molar-refractivity contribution in [2.24, 2.45) is 5.73 Å². The van der Waals surface area contributed by atoms with Gasteiger partial charge in [0.15, 0.2) is 5.75 Å². The second-order valence-electron chi connectivity index (χ2n) is 5.01. The average molecular weight is 277 g/mol. The monoisotopic (exact) mass is 277 g/mol. The van der Waals surface area contributed by atoms with Crippen molar-refractivity contribution in [3.05, 3.63) is 33.9 Å². The first-order valence-corrected chi connectivity index (χ1v) is 6.44. The SMILES string of the molecule is Cc1cccc(OCCCCC(C)(N)C#N)c1[N+](=O)[O-]. The quantitative estimate of drug-likeness (QED) is 0.469. The molecule has 6 heteroatoms. The number of nitro groups is 1. The first kappa shape index (κ1) is 15.9. The number of ether oxygens (including phenoxy) is 1. The van der Waals surface area contributed by atoms with Crippen molar-refractivity contribution in [2.75, 3.05) is 6.61 Å². The number of unbranched alkanes of at least 4 members (excludes halogenated alkanes) is 1. The molecule has 0 saturated heterocycles. The molecule has 20 heavy (non-hydrogen) atoms. The average Bonchev–Trinajstić information content (AvgIpc) is 2.37. The predicted octanol–water partition coefficient (Wildman–Crippen LogP) is 2.69.